The number of ether oxygens (including phenoxy) is 2. The molecule has 0 aromatic heterocycles. The van der Waals surface area contributed by atoms with Gasteiger partial charge >= 0.3 is 5.97 Å². The lowest BCUT2D eigenvalue weighted by molar-refractivity contribution is -0.146. The van der Waals surface area contributed by atoms with Crippen molar-refractivity contribution in [3.05, 3.63) is 48.6 Å². The van der Waals surface area contributed by atoms with Crippen molar-refractivity contribution in [2.75, 3.05) is 39.5 Å². The van der Waals surface area contributed by atoms with Crippen LogP contribution in [0.25, 0.3) is 0 Å². The lowest BCUT2D eigenvalue weighted by atomic mass is 10.0. The van der Waals surface area contributed by atoms with E-state index in [0.717, 1.165) is 64.2 Å². The van der Waals surface area contributed by atoms with Crippen molar-refractivity contribution in [3.8, 4) is 0 Å². The van der Waals surface area contributed by atoms with Crippen molar-refractivity contribution in [1.82, 2.24) is 10.2 Å². The third-order valence-electron chi connectivity index (χ3n) is 10.2. The molecule has 1 aliphatic rings. The van der Waals surface area contributed by atoms with Crippen LogP contribution in [0.3, 0.4) is 0 Å². The predicted octanol–water partition coefficient (Wildman–Crippen LogP) is 10.7. The van der Waals surface area contributed by atoms with Crippen molar-refractivity contribution in [2.45, 2.75) is 193 Å². The molecule has 0 radical (unpaired) electrons. The Morgan fingerprint density at radius 2 is 1.11 bits per heavy atom. The average Bonchev–Trinajstić information content (AvgIpc) is 3.15. The molecule has 0 aromatic carbocycles. The normalized spacial score (nSPS) is 15.1. The molecule has 0 aliphatic carbocycles. The summed E-state index contributed by atoms with van der Waals surface area (Å²) >= 11 is 0. The molecule has 0 spiro atoms. The number of allylic oxidation sites excluding steroid dienone is 8. The van der Waals surface area contributed by atoms with Crippen LogP contribution in [-0.4, -0.2) is 78.8 Å². The SMILES string of the molecule is CCCCC/C=C\C/C=C\CCCCCCCCOC(=O)CC(CC(O)OCCCCCCCC/C=C\C/C=C\CCCCC)NC(=O)CN1CC(CO)C1. The second kappa shape index (κ2) is 38.6. The maximum Gasteiger partial charge on any atom is 0.307 e. The Morgan fingerprint density at radius 3 is 1.60 bits per heavy atom. The largest absolute Gasteiger partial charge is 0.466 e. The van der Waals surface area contributed by atoms with Gasteiger partial charge in [0.05, 0.1) is 19.6 Å². The van der Waals surface area contributed by atoms with Crippen LogP contribution in [0.5, 0.6) is 0 Å². The van der Waals surface area contributed by atoms with Crippen LogP contribution in [-0.2, 0) is 19.1 Å². The summed E-state index contributed by atoms with van der Waals surface area (Å²) in [5.41, 5.74) is 0. The van der Waals surface area contributed by atoms with E-state index in [-0.39, 0.29) is 43.8 Å². The predicted molar refractivity (Wildman–Crippen MR) is 230 cm³/mol. The Morgan fingerprint density at radius 1 is 0.655 bits per heavy atom. The highest BCUT2D eigenvalue weighted by Gasteiger charge is 2.29. The quantitative estimate of drug-likeness (QED) is 0.0247. The molecule has 1 fully saturated rings. The van der Waals surface area contributed by atoms with Gasteiger partial charge in [0.25, 0.3) is 0 Å². The summed E-state index contributed by atoms with van der Waals surface area (Å²) < 4.78 is 11.2. The number of rotatable bonds is 39. The van der Waals surface area contributed by atoms with Gasteiger partial charge in [0, 0.05) is 44.7 Å². The van der Waals surface area contributed by atoms with Crippen molar-refractivity contribution in [2.24, 2.45) is 5.92 Å². The second-order valence-corrected chi connectivity index (χ2v) is 15.7. The fraction of sp³-hybridized carbons (Fsp3) is 0.787. The van der Waals surface area contributed by atoms with E-state index >= 15 is 0 Å². The molecule has 1 aliphatic heterocycles. The zero-order valence-electron chi connectivity index (χ0n) is 35.5. The number of nitrogens with one attached hydrogen (secondary N) is 1. The Hall–Kier alpha value is -2.26. The highest BCUT2D eigenvalue weighted by atomic mass is 16.6. The number of aliphatic hydroxyl groups excluding tert-OH is 2. The van der Waals surface area contributed by atoms with E-state index in [9.17, 15) is 19.8 Å². The first kappa shape index (κ1) is 50.8. The highest BCUT2D eigenvalue weighted by molar-refractivity contribution is 5.79. The molecular weight excluding hydrogens is 689 g/mol. The van der Waals surface area contributed by atoms with Gasteiger partial charge in [-0.1, -0.05) is 140 Å². The molecule has 1 heterocycles. The van der Waals surface area contributed by atoms with Gasteiger partial charge in [0.15, 0.2) is 6.29 Å². The molecule has 3 N–H and O–H groups in total. The number of nitrogens with zero attached hydrogens (tertiary/aromatic N) is 1. The minimum Gasteiger partial charge on any atom is -0.466 e. The summed E-state index contributed by atoms with van der Waals surface area (Å²) in [6.45, 7) is 7.00. The summed E-state index contributed by atoms with van der Waals surface area (Å²) in [7, 11) is 0. The van der Waals surface area contributed by atoms with Gasteiger partial charge in [-0.2, -0.15) is 0 Å². The van der Waals surface area contributed by atoms with Crippen molar-refractivity contribution in [1.29, 1.82) is 0 Å². The van der Waals surface area contributed by atoms with Gasteiger partial charge in [-0.3, -0.25) is 14.5 Å². The number of esters is 1. The van der Waals surface area contributed by atoms with E-state index in [1.165, 1.54) is 89.9 Å². The maximum absolute atomic E-state index is 12.8. The number of unbranched alkanes of at least 4 members (excludes halogenated alkanes) is 18. The fourth-order valence-corrected chi connectivity index (χ4v) is 6.75. The van der Waals surface area contributed by atoms with Crippen molar-refractivity contribution < 1.29 is 29.3 Å². The highest BCUT2D eigenvalue weighted by Crippen LogP contribution is 2.15. The molecule has 1 saturated heterocycles. The van der Waals surface area contributed by atoms with Gasteiger partial charge < -0.3 is 25.0 Å². The molecule has 8 heteroatoms. The summed E-state index contributed by atoms with van der Waals surface area (Å²) in [5.74, 6) is -0.348. The lowest BCUT2D eigenvalue weighted by Crippen LogP contribution is -2.53. The van der Waals surface area contributed by atoms with Gasteiger partial charge in [0.2, 0.25) is 5.91 Å². The molecule has 8 nitrogen and oxygen atoms in total. The van der Waals surface area contributed by atoms with Crippen molar-refractivity contribution >= 4 is 11.9 Å². The second-order valence-electron chi connectivity index (χ2n) is 15.7. The molecule has 318 valence electrons. The summed E-state index contributed by atoms with van der Waals surface area (Å²) in [6.07, 6.45) is 45.2. The summed E-state index contributed by atoms with van der Waals surface area (Å²) in [4.78, 5) is 27.5. The Bertz CT molecular complexity index is 1010. The zero-order chi connectivity index (χ0) is 39.9. The Kier molecular flexibility index (Phi) is 35.6. The van der Waals surface area contributed by atoms with Crippen molar-refractivity contribution in [3.63, 3.8) is 0 Å². The molecule has 2 atom stereocenters. The average molecular weight is 773 g/mol. The van der Waals surface area contributed by atoms with E-state index in [4.69, 9.17) is 9.47 Å². The molecule has 55 heavy (non-hydrogen) atoms. The first-order valence-electron chi connectivity index (χ1n) is 22.7. The standard InChI is InChI=1S/C47H84N2O6/c1-3-5-7-9-11-13-15-17-19-21-23-25-27-29-31-33-35-54-46(52)37-44(48-45(51)41-49-39-43(40-49)42-50)38-47(53)55-36-34-32-30-28-26-24-22-20-18-16-14-12-10-8-6-4-2/h11-14,17-20,43-44,46,50,52H,3-10,15-16,21-42H2,1-2H3,(H,48,51)/b13-11-,14-12-,19-17-,20-18-. The number of hydrogen-bond donors (Lipinski definition) is 3. The van der Waals surface area contributed by atoms with E-state index in [1.807, 2.05) is 4.90 Å². The van der Waals surface area contributed by atoms with Crippen LogP contribution in [0.15, 0.2) is 48.6 Å². The molecule has 1 rings (SSSR count). The van der Waals surface area contributed by atoms with Crippen LogP contribution < -0.4 is 5.32 Å². The fourth-order valence-electron chi connectivity index (χ4n) is 6.75. The number of amides is 1. The third kappa shape index (κ3) is 33.6. The molecule has 1 amide bonds. The number of likely N-dealkylation sites (tertiary alicyclic amines) is 1. The number of carbonyl (C=O) groups is 2. The minimum absolute atomic E-state index is 0.00146. The lowest BCUT2D eigenvalue weighted by Gasteiger charge is -2.37. The molecule has 2 unspecified atom stereocenters. The smallest absolute Gasteiger partial charge is 0.307 e. The molecule has 0 bridgehead atoms. The maximum atomic E-state index is 12.8. The first-order chi connectivity index (χ1) is 27.0. The number of carbonyl (C=O) groups excluding carboxylic acids is 2. The molecule has 0 saturated carbocycles. The van der Waals surface area contributed by atoms with Gasteiger partial charge in [0.1, 0.15) is 0 Å². The molecular formula is C47H84N2O6. The van der Waals surface area contributed by atoms with Gasteiger partial charge in [-0.15, -0.1) is 0 Å². The van der Waals surface area contributed by atoms with Crippen LogP contribution in [0, 0.1) is 5.92 Å². The van der Waals surface area contributed by atoms with Crippen LogP contribution in [0.4, 0.5) is 0 Å². The first-order valence-corrected chi connectivity index (χ1v) is 22.7. The van der Waals surface area contributed by atoms with E-state index < -0.39 is 12.3 Å². The van der Waals surface area contributed by atoms with Crippen LogP contribution in [0.2, 0.25) is 0 Å². The van der Waals surface area contributed by atoms with Crippen LogP contribution >= 0.6 is 0 Å². The van der Waals surface area contributed by atoms with Gasteiger partial charge in [-0.05, 0) is 77.0 Å². The Balaban J connectivity index is 2.20. The molecule has 0 aromatic rings. The monoisotopic (exact) mass is 773 g/mol. The Labute approximate surface area is 337 Å². The van der Waals surface area contributed by atoms with E-state index in [2.05, 4.69) is 67.8 Å². The number of aliphatic hydroxyl groups is 2. The van der Waals surface area contributed by atoms with Gasteiger partial charge in [-0.25, -0.2) is 0 Å². The summed E-state index contributed by atoms with van der Waals surface area (Å²) in [5, 5.41) is 22.8. The number of hydrogen-bond acceptors (Lipinski definition) is 7. The topological polar surface area (TPSA) is 108 Å². The summed E-state index contributed by atoms with van der Waals surface area (Å²) in [6, 6.07) is -0.573. The van der Waals surface area contributed by atoms with E-state index in [1.54, 1.807) is 0 Å². The zero-order valence-corrected chi connectivity index (χ0v) is 35.5. The minimum atomic E-state index is -1.06. The van der Waals surface area contributed by atoms with E-state index in [0.29, 0.717) is 26.3 Å². The van der Waals surface area contributed by atoms with Crippen LogP contribution in [0.1, 0.15) is 181 Å². The third-order valence-corrected chi connectivity index (χ3v) is 10.2.